The van der Waals surface area contributed by atoms with Gasteiger partial charge in [0.15, 0.2) is 11.6 Å². The maximum atomic E-state index is 12.6. The van der Waals surface area contributed by atoms with Crippen molar-refractivity contribution in [2.75, 3.05) is 0 Å². The van der Waals surface area contributed by atoms with Gasteiger partial charge in [-0.3, -0.25) is 13.6 Å². The zero-order valence-corrected chi connectivity index (χ0v) is 19.4. The summed E-state index contributed by atoms with van der Waals surface area (Å²) in [5.74, 6) is -3.64. The van der Waals surface area contributed by atoms with Gasteiger partial charge in [-0.25, -0.2) is 0 Å². The Morgan fingerprint density at radius 1 is 0.700 bits per heavy atom. The maximum absolute atomic E-state index is 12.6. The molecule has 30 heavy (non-hydrogen) atoms. The fraction of sp³-hybridized carbons (Fsp3) is 0.333. The normalized spacial score (nSPS) is 18.5. The minimum atomic E-state index is -3.24. The van der Waals surface area contributed by atoms with Crippen molar-refractivity contribution in [3.05, 3.63) is 82.9 Å². The first-order valence-electron chi connectivity index (χ1n) is 9.79. The molecule has 0 bridgehead atoms. The molecule has 6 heteroatoms. The Hall–Kier alpha value is -2.01. The summed E-state index contributed by atoms with van der Waals surface area (Å²) in [5.41, 5.74) is 4.45. The molecule has 0 aliphatic rings. The van der Waals surface area contributed by atoms with E-state index in [1.165, 1.54) is 13.8 Å². The molecule has 2 N–H and O–H groups in total. The lowest BCUT2D eigenvalue weighted by molar-refractivity contribution is -0.126. The molecule has 0 spiro atoms. The Labute approximate surface area is 179 Å². The van der Waals surface area contributed by atoms with Crippen LogP contribution < -0.4 is 0 Å². The molecule has 0 aliphatic carbocycles. The van der Waals surface area contributed by atoms with Gasteiger partial charge in [0.25, 0.3) is 0 Å². The summed E-state index contributed by atoms with van der Waals surface area (Å²) in [4.78, 5) is 0. The molecule has 0 saturated carbocycles. The van der Waals surface area contributed by atoms with Gasteiger partial charge < -0.3 is 10.2 Å². The van der Waals surface area contributed by atoms with Gasteiger partial charge in [0.05, 0.1) is 0 Å². The Balaban J connectivity index is 2.18. The van der Waals surface area contributed by atoms with Crippen molar-refractivity contribution in [2.45, 2.75) is 53.1 Å². The minimum Gasteiger partial charge on any atom is -0.362 e. The molecule has 2 aromatic rings. The van der Waals surface area contributed by atoms with Crippen LogP contribution in [0.3, 0.4) is 0 Å². The van der Waals surface area contributed by atoms with Crippen molar-refractivity contribution in [3.63, 3.8) is 0 Å². The average molecular weight is 430 g/mol. The number of rotatable bonds is 8. The molecule has 0 fully saturated rings. The summed E-state index contributed by atoms with van der Waals surface area (Å²) in [6, 6.07) is 19.1. The van der Waals surface area contributed by atoms with E-state index in [0.717, 1.165) is 22.3 Å². The van der Waals surface area contributed by atoms with Crippen LogP contribution in [-0.4, -0.2) is 21.8 Å². The summed E-state index contributed by atoms with van der Waals surface area (Å²) >= 11 is 0. The number of hydrogen-bond donors (Lipinski definition) is 2. The molecule has 0 unspecified atom stereocenters. The van der Waals surface area contributed by atoms with E-state index in [4.69, 9.17) is 9.05 Å². The molecule has 2 atom stereocenters. The predicted molar refractivity (Wildman–Crippen MR) is 122 cm³/mol. The van der Waals surface area contributed by atoms with Crippen LogP contribution in [0.4, 0.5) is 0 Å². The van der Waals surface area contributed by atoms with Gasteiger partial charge in [-0.05, 0) is 75.0 Å². The van der Waals surface area contributed by atoms with E-state index < -0.39 is 19.8 Å². The van der Waals surface area contributed by atoms with E-state index in [2.05, 4.69) is 0 Å². The number of aliphatic hydroxyl groups is 2. The maximum Gasteiger partial charge on any atom is 0.324 e. The van der Waals surface area contributed by atoms with Crippen LogP contribution in [0.2, 0.25) is 0 Å². The first-order chi connectivity index (χ1) is 14.0. The molecule has 0 saturated heterocycles. The van der Waals surface area contributed by atoms with Gasteiger partial charge in [-0.2, -0.15) is 0 Å². The average Bonchev–Trinajstić information content (AvgIpc) is 2.71. The molecular formula is C24H31O5P. The van der Waals surface area contributed by atoms with Crippen molar-refractivity contribution in [1.82, 2.24) is 0 Å². The molecule has 0 radical (unpaired) electrons. The largest absolute Gasteiger partial charge is 0.362 e. The summed E-state index contributed by atoms with van der Waals surface area (Å²) in [7, 11) is -3.24. The van der Waals surface area contributed by atoms with E-state index in [1.54, 1.807) is 13.8 Å². The zero-order valence-electron chi connectivity index (χ0n) is 18.4. The molecule has 0 amide bonds. The minimum absolute atomic E-state index is 0.503. The van der Waals surface area contributed by atoms with Crippen LogP contribution in [0.25, 0.3) is 11.1 Å². The van der Waals surface area contributed by atoms with Crippen LogP contribution in [0.15, 0.2) is 71.8 Å². The molecule has 0 aliphatic heterocycles. The fourth-order valence-electron chi connectivity index (χ4n) is 3.00. The van der Waals surface area contributed by atoms with Crippen molar-refractivity contribution in [2.24, 2.45) is 0 Å². The smallest absolute Gasteiger partial charge is 0.324 e. The monoisotopic (exact) mass is 430 g/mol. The summed E-state index contributed by atoms with van der Waals surface area (Å²) in [6.45, 7) is 9.95. The van der Waals surface area contributed by atoms with E-state index in [9.17, 15) is 14.8 Å². The van der Waals surface area contributed by atoms with Crippen LogP contribution in [0.5, 0.6) is 0 Å². The highest BCUT2D eigenvalue weighted by atomic mass is 31.1. The lowest BCUT2D eigenvalue weighted by Crippen LogP contribution is -2.31. The second-order valence-electron chi connectivity index (χ2n) is 7.65. The Morgan fingerprint density at radius 3 is 1.30 bits per heavy atom. The van der Waals surface area contributed by atoms with Crippen LogP contribution in [0, 0.1) is 0 Å². The SMILES string of the molecule is C/C(=C(/C)[C@@](C)(O)O[PH](=O)O[C@](C)(O)/C(C)=C(\C)c1ccccc1)c1ccccc1. The van der Waals surface area contributed by atoms with Gasteiger partial charge in [-0.15, -0.1) is 0 Å². The van der Waals surface area contributed by atoms with Crippen molar-refractivity contribution >= 4 is 19.4 Å². The highest BCUT2D eigenvalue weighted by molar-refractivity contribution is 7.33. The number of benzene rings is 2. The third-order valence-corrected chi connectivity index (χ3v) is 6.62. The Bertz CT molecular complexity index is 867. The van der Waals surface area contributed by atoms with Gasteiger partial charge in [0.1, 0.15) is 0 Å². The number of hydrogen-bond acceptors (Lipinski definition) is 5. The topological polar surface area (TPSA) is 76.0 Å². The second-order valence-corrected chi connectivity index (χ2v) is 8.56. The molecule has 2 aromatic carbocycles. The zero-order chi connectivity index (χ0) is 22.5. The summed E-state index contributed by atoms with van der Waals surface area (Å²) in [5, 5.41) is 21.6. The van der Waals surface area contributed by atoms with Crippen molar-refractivity contribution in [3.8, 4) is 0 Å². The standard InChI is InChI=1S/C24H31O5P/c1-17(21-13-9-7-10-14-21)19(3)23(5,25)28-30(27)29-24(6,26)20(4)18(2)22-15-11-8-12-16-22/h7-16,25-26,30H,1-6H3/b19-17+,20-18+/t23-,24-/m0/s1. The molecule has 5 nitrogen and oxygen atoms in total. The third-order valence-electron chi connectivity index (χ3n) is 5.49. The van der Waals surface area contributed by atoms with E-state index in [0.29, 0.717) is 11.1 Å². The number of allylic oxidation sites excluding steroid dienone is 2. The molecular weight excluding hydrogens is 399 g/mol. The van der Waals surface area contributed by atoms with Gasteiger partial charge in [0.2, 0.25) is 0 Å². The molecule has 2 rings (SSSR count). The predicted octanol–water partition coefficient (Wildman–Crippen LogP) is 5.81. The molecule has 0 heterocycles. The summed E-state index contributed by atoms with van der Waals surface area (Å²) < 4.78 is 23.3. The molecule has 162 valence electrons. The van der Waals surface area contributed by atoms with Crippen LogP contribution in [0.1, 0.15) is 52.7 Å². The molecule has 0 aromatic heterocycles. The van der Waals surface area contributed by atoms with E-state index in [1.807, 2.05) is 74.5 Å². The Morgan fingerprint density at radius 2 is 1.00 bits per heavy atom. The van der Waals surface area contributed by atoms with Crippen molar-refractivity contribution in [1.29, 1.82) is 0 Å². The second kappa shape index (κ2) is 9.86. The van der Waals surface area contributed by atoms with E-state index in [-0.39, 0.29) is 0 Å². The van der Waals surface area contributed by atoms with Gasteiger partial charge in [0, 0.05) is 0 Å². The lowest BCUT2D eigenvalue weighted by atomic mass is 9.98. The highest BCUT2D eigenvalue weighted by Crippen LogP contribution is 2.41. The quantitative estimate of drug-likeness (QED) is 0.408. The van der Waals surface area contributed by atoms with Crippen molar-refractivity contribution < 1.29 is 23.8 Å². The van der Waals surface area contributed by atoms with Crippen LogP contribution in [-0.2, 0) is 13.6 Å². The lowest BCUT2D eigenvalue weighted by Gasteiger charge is -2.30. The first kappa shape index (κ1) is 24.3. The van der Waals surface area contributed by atoms with Gasteiger partial charge >= 0.3 is 8.25 Å². The first-order valence-corrected chi connectivity index (χ1v) is 11.0. The third kappa shape index (κ3) is 6.00. The van der Waals surface area contributed by atoms with Gasteiger partial charge in [-0.1, -0.05) is 60.7 Å². The Kier molecular flexibility index (Phi) is 7.98. The highest BCUT2D eigenvalue weighted by Gasteiger charge is 2.33. The van der Waals surface area contributed by atoms with Crippen LogP contribution >= 0.6 is 8.25 Å². The summed E-state index contributed by atoms with van der Waals surface area (Å²) in [6.07, 6.45) is 0. The van der Waals surface area contributed by atoms with E-state index >= 15 is 0 Å². The fourth-order valence-corrected chi connectivity index (χ4v) is 4.00.